The normalized spacial score (nSPS) is 14.4. The second kappa shape index (κ2) is 6.88. The number of hydrogen-bond donors (Lipinski definition) is 0. The van der Waals surface area contributed by atoms with Crippen LogP contribution in [0.2, 0.25) is 0 Å². The van der Waals surface area contributed by atoms with Crippen LogP contribution in [0.5, 0.6) is 0 Å². The molecular formula is C15H15Br3S. The van der Waals surface area contributed by atoms with E-state index in [1.165, 1.54) is 26.9 Å². The lowest BCUT2D eigenvalue weighted by molar-refractivity contribution is 0.733. The highest BCUT2D eigenvalue weighted by molar-refractivity contribution is 9.12. The maximum Gasteiger partial charge on any atom is 0.0757 e. The van der Waals surface area contributed by atoms with E-state index in [0.717, 1.165) is 3.79 Å². The molecule has 0 bridgehead atoms. The van der Waals surface area contributed by atoms with Gasteiger partial charge in [0.2, 0.25) is 0 Å². The SMILES string of the molecule is CCC(C)c1ccc(C(Br)c2cc(Br)sc2Br)cc1. The largest absolute Gasteiger partial charge is 0.121 e. The van der Waals surface area contributed by atoms with E-state index in [0.29, 0.717) is 5.92 Å². The maximum atomic E-state index is 3.79. The van der Waals surface area contributed by atoms with E-state index in [1.807, 2.05) is 0 Å². The number of benzene rings is 1. The summed E-state index contributed by atoms with van der Waals surface area (Å²) in [5, 5.41) is 0. The first kappa shape index (κ1) is 15.7. The Morgan fingerprint density at radius 2 is 1.68 bits per heavy atom. The van der Waals surface area contributed by atoms with Crippen LogP contribution in [0.25, 0.3) is 0 Å². The van der Waals surface area contributed by atoms with Crippen molar-refractivity contribution in [3.05, 3.63) is 54.6 Å². The summed E-state index contributed by atoms with van der Waals surface area (Å²) in [7, 11) is 0. The van der Waals surface area contributed by atoms with Gasteiger partial charge in [-0.2, -0.15) is 0 Å². The molecule has 0 N–H and O–H groups in total. The van der Waals surface area contributed by atoms with Gasteiger partial charge < -0.3 is 0 Å². The third kappa shape index (κ3) is 3.72. The topological polar surface area (TPSA) is 0 Å². The first-order valence-corrected chi connectivity index (χ1v) is 9.53. The fraction of sp³-hybridized carbons (Fsp3) is 0.333. The Bertz CT molecular complexity index is 545. The second-order valence-corrected chi connectivity index (χ2v) is 9.28. The van der Waals surface area contributed by atoms with E-state index in [9.17, 15) is 0 Å². The summed E-state index contributed by atoms with van der Waals surface area (Å²) in [6.45, 7) is 4.50. The quantitative estimate of drug-likeness (QED) is 0.415. The van der Waals surface area contributed by atoms with Gasteiger partial charge in [0.25, 0.3) is 0 Å². The molecule has 2 unspecified atom stereocenters. The molecule has 0 aliphatic heterocycles. The Hall–Kier alpha value is 0.360. The van der Waals surface area contributed by atoms with Crippen LogP contribution in [0.15, 0.2) is 37.9 Å². The fourth-order valence-electron chi connectivity index (χ4n) is 1.93. The van der Waals surface area contributed by atoms with Crippen molar-refractivity contribution >= 4 is 59.1 Å². The molecule has 2 rings (SSSR count). The molecule has 1 aromatic heterocycles. The zero-order valence-electron chi connectivity index (χ0n) is 10.8. The van der Waals surface area contributed by atoms with Gasteiger partial charge in [-0.15, -0.1) is 11.3 Å². The molecule has 19 heavy (non-hydrogen) atoms. The Kier molecular flexibility index (Phi) is 5.70. The van der Waals surface area contributed by atoms with E-state index in [-0.39, 0.29) is 4.83 Å². The van der Waals surface area contributed by atoms with Gasteiger partial charge >= 0.3 is 0 Å². The Morgan fingerprint density at radius 3 is 2.16 bits per heavy atom. The van der Waals surface area contributed by atoms with Crippen molar-refractivity contribution in [1.29, 1.82) is 0 Å². The highest BCUT2D eigenvalue weighted by Crippen LogP contribution is 2.41. The van der Waals surface area contributed by atoms with Gasteiger partial charge in [0.1, 0.15) is 0 Å². The zero-order chi connectivity index (χ0) is 14.0. The average molecular weight is 467 g/mol. The molecule has 102 valence electrons. The Morgan fingerprint density at radius 1 is 1.11 bits per heavy atom. The summed E-state index contributed by atoms with van der Waals surface area (Å²) < 4.78 is 2.32. The third-order valence-electron chi connectivity index (χ3n) is 3.37. The monoisotopic (exact) mass is 464 g/mol. The zero-order valence-corrected chi connectivity index (χ0v) is 16.4. The van der Waals surface area contributed by atoms with E-state index in [1.54, 1.807) is 11.3 Å². The first-order chi connectivity index (χ1) is 9.02. The van der Waals surface area contributed by atoms with Crippen molar-refractivity contribution in [1.82, 2.24) is 0 Å². The van der Waals surface area contributed by atoms with Crippen LogP contribution < -0.4 is 0 Å². The van der Waals surface area contributed by atoms with Crippen LogP contribution in [-0.4, -0.2) is 0 Å². The molecule has 1 aromatic carbocycles. The smallest absolute Gasteiger partial charge is 0.0757 e. The summed E-state index contributed by atoms with van der Waals surface area (Å²) in [6, 6.07) is 11.1. The average Bonchev–Trinajstić information content (AvgIpc) is 2.76. The predicted octanol–water partition coefficient (Wildman–Crippen LogP) is 7.27. The predicted molar refractivity (Wildman–Crippen MR) is 95.6 cm³/mol. The third-order valence-corrected chi connectivity index (χ3v) is 6.77. The van der Waals surface area contributed by atoms with Gasteiger partial charge in [-0.3, -0.25) is 0 Å². The Balaban J connectivity index is 2.25. The van der Waals surface area contributed by atoms with Crippen molar-refractivity contribution in [3.63, 3.8) is 0 Å². The second-order valence-electron chi connectivity index (χ2n) is 4.62. The molecule has 0 saturated carbocycles. The lowest BCUT2D eigenvalue weighted by Crippen LogP contribution is -1.95. The van der Waals surface area contributed by atoms with Crippen LogP contribution in [0.4, 0.5) is 0 Å². The Labute approximate surface area is 144 Å². The lowest BCUT2D eigenvalue weighted by atomic mass is 9.96. The first-order valence-electron chi connectivity index (χ1n) is 6.21. The molecule has 2 aromatic rings. The van der Waals surface area contributed by atoms with Gasteiger partial charge in [-0.1, -0.05) is 54.0 Å². The molecule has 0 nitrogen and oxygen atoms in total. The minimum Gasteiger partial charge on any atom is -0.121 e. The number of hydrogen-bond acceptors (Lipinski definition) is 1. The van der Waals surface area contributed by atoms with Gasteiger partial charge in [-0.05, 0) is 67.0 Å². The molecule has 4 heteroatoms. The summed E-state index contributed by atoms with van der Waals surface area (Å²) >= 11 is 12.7. The van der Waals surface area contributed by atoms with Gasteiger partial charge in [0.05, 0.1) is 12.4 Å². The molecule has 0 saturated heterocycles. The van der Waals surface area contributed by atoms with Crippen LogP contribution >= 0.6 is 59.1 Å². The highest BCUT2D eigenvalue weighted by Gasteiger charge is 2.16. The van der Waals surface area contributed by atoms with Crippen LogP contribution in [0.1, 0.15) is 47.7 Å². The molecule has 0 spiro atoms. The summed E-state index contributed by atoms with van der Waals surface area (Å²) in [5.41, 5.74) is 3.97. The molecule has 0 radical (unpaired) electrons. The van der Waals surface area contributed by atoms with E-state index >= 15 is 0 Å². The molecule has 0 aliphatic carbocycles. The van der Waals surface area contributed by atoms with Crippen molar-refractivity contribution in [2.75, 3.05) is 0 Å². The molecule has 1 heterocycles. The molecular weight excluding hydrogens is 452 g/mol. The summed E-state index contributed by atoms with van der Waals surface area (Å²) in [5.74, 6) is 0.629. The molecule has 0 aliphatic rings. The number of alkyl halides is 1. The summed E-state index contributed by atoms with van der Waals surface area (Å²) in [6.07, 6.45) is 1.18. The van der Waals surface area contributed by atoms with Gasteiger partial charge in [0.15, 0.2) is 0 Å². The fourth-order valence-corrected chi connectivity index (χ4v) is 5.96. The molecule has 0 fully saturated rings. The number of halogens is 3. The van der Waals surface area contributed by atoms with Crippen LogP contribution in [-0.2, 0) is 0 Å². The maximum absolute atomic E-state index is 3.79. The van der Waals surface area contributed by atoms with E-state index in [2.05, 4.69) is 92.0 Å². The van der Waals surface area contributed by atoms with Crippen LogP contribution in [0, 0.1) is 0 Å². The highest BCUT2D eigenvalue weighted by atomic mass is 79.9. The van der Waals surface area contributed by atoms with Crippen molar-refractivity contribution in [2.24, 2.45) is 0 Å². The summed E-state index contributed by atoms with van der Waals surface area (Å²) in [4.78, 5) is 0.232. The van der Waals surface area contributed by atoms with Crippen LogP contribution in [0.3, 0.4) is 0 Å². The van der Waals surface area contributed by atoms with Gasteiger partial charge in [-0.25, -0.2) is 0 Å². The number of rotatable bonds is 4. The molecule has 0 amide bonds. The number of thiophene rings is 1. The minimum absolute atomic E-state index is 0.232. The lowest BCUT2D eigenvalue weighted by Gasteiger charge is -2.13. The van der Waals surface area contributed by atoms with E-state index < -0.39 is 0 Å². The van der Waals surface area contributed by atoms with Crippen molar-refractivity contribution in [2.45, 2.75) is 31.0 Å². The molecule has 2 atom stereocenters. The van der Waals surface area contributed by atoms with Crippen molar-refractivity contribution in [3.8, 4) is 0 Å². The minimum atomic E-state index is 0.232. The van der Waals surface area contributed by atoms with Crippen molar-refractivity contribution < 1.29 is 0 Å². The van der Waals surface area contributed by atoms with E-state index in [4.69, 9.17) is 0 Å². The standard InChI is InChI=1S/C15H15Br3S/c1-3-9(2)10-4-6-11(7-5-10)14(17)12-8-13(16)19-15(12)18/h4-9,14H,3H2,1-2H3. The van der Waals surface area contributed by atoms with Gasteiger partial charge in [0, 0.05) is 0 Å².